The maximum Gasteiger partial charge on any atom is 0.139 e. The van der Waals surface area contributed by atoms with Gasteiger partial charge in [0.2, 0.25) is 0 Å². The lowest BCUT2D eigenvalue weighted by Crippen LogP contribution is -2.09. The SMILES string of the molecule is CCC(Nc1ccc(Cl)c(OC)c1)c1cccc(Br)c1. The van der Waals surface area contributed by atoms with Crippen molar-refractivity contribution in [2.45, 2.75) is 19.4 Å². The molecule has 0 fully saturated rings. The Morgan fingerprint density at radius 2 is 2.05 bits per heavy atom. The van der Waals surface area contributed by atoms with Crippen LogP contribution in [-0.2, 0) is 0 Å². The van der Waals surface area contributed by atoms with Crippen LogP contribution in [-0.4, -0.2) is 7.11 Å². The van der Waals surface area contributed by atoms with Crippen molar-refractivity contribution < 1.29 is 4.74 Å². The number of hydrogen-bond donors (Lipinski definition) is 1. The minimum absolute atomic E-state index is 0.249. The zero-order valence-corrected chi connectivity index (χ0v) is 13.8. The van der Waals surface area contributed by atoms with E-state index >= 15 is 0 Å². The fraction of sp³-hybridized carbons (Fsp3) is 0.250. The second kappa shape index (κ2) is 7.00. The van der Waals surface area contributed by atoms with Gasteiger partial charge >= 0.3 is 0 Å². The Hall–Kier alpha value is -1.19. The molecule has 0 bridgehead atoms. The van der Waals surface area contributed by atoms with Gasteiger partial charge in [0.05, 0.1) is 18.2 Å². The molecule has 0 aliphatic carbocycles. The number of rotatable bonds is 5. The quantitative estimate of drug-likeness (QED) is 0.746. The second-order valence-corrected chi connectivity index (χ2v) is 5.83. The highest BCUT2D eigenvalue weighted by atomic mass is 79.9. The van der Waals surface area contributed by atoms with Crippen LogP contribution in [0.1, 0.15) is 24.9 Å². The van der Waals surface area contributed by atoms with Gasteiger partial charge in [-0.2, -0.15) is 0 Å². The molecular formula is C16H17BrClNO. The van der Waals surface area contributed by atoms with Gasteiger partial charge in [0, 0.05) is 16.2 Å². The Kier molecular flexibility index (Phi) is 5.32. The summed E-state index contributed by atoms with van der Waals surface area (Å²) < 4.78 is 6.33. The van der Waals surface area contributed by atoms with Crippen LogP contribution in [0, 0.1) is 0 Å². The summed E-state index contributed by atoms with van der Waals surface area (Å²) in [6.07, 6.45) is 0.987. The standard InChI is InChI=1S/C16H17BrClNO/c1-3-15(11-5-4-6-12(17)9-11)19-13-7-8-14(18)16(10-13)20-2/h4-10,15,19H,3H2,1-2H3. The lowest BCUT2D eigenvalue weighted by atomic mass is 10.0. The fourth-order valence-electron chi connectivity index (χ4n) is 2.10. The van der Waals surface area contributed by atoms with Crippen molar-refractivity contribution in [3.63, 3.8) is 0 Å². The predicted molar refractivity (Wildman–Crippen MR) is 88.8 cm³/mol. The van der Waals surface area contributed by atoms with Crippen LogP contribution in [0.25, 0.3) is 0 Å². The highest BCUT2D eigenvalue weighted by Crippen LogP contribution is 2.30. The van der Waals surface area contributed by atoms with Gasteiger partial charge in [-0.1, -0.05) is 46.6 Å². The molecule has 2 nitrogen and oxygen atoms in total. The number of nitrogens with one attached hydrogen (secondary N) is 1. The summed E-state index contributed by atoms with van der Waals surface area (Å²) >= 11 is 9.56. The lowest BCUT2D eigenvalue weighted by molar-refractivity contribution is 0.415. The lowest BCUT2D eigenvalue weighted by Gasteiger charge is -2.19. The van der Waals surface area contributed by atoms with Crippen molar-refractivity contribution in [3.8, 4) is 5.75 Å². The topological polar surface area (TPSA) is 21.3 Å². The molecule has 2 aromatic rings. The molecule has 0 amide bonds. The first-order valence-corrected chi connectivity index (χ1v) is 7.66. The highest BCUT2D eigenvalue weighted by molar-refractivity contribution is 9.10. The van der Waals surface area contributed by atoms with Gasteiger partial charge in [-0.15, -0.1) is 0 Å². The van der Waals surface area contributed by atoms with E-state index in [2.05, 4.69) is 40.3 Å². The fourth-order valence-corrected chi connectivity index (χ4v) is 2.71. The zero-order chi connectivity index (χ0) is 14.5. The molecule has 20 heavy (non-hydrogen) atoms. The van der Waals surface area contributed by atoms with Crippen molar-refractivity contribution in [1.82, 2.24) is 0 Å². The average Bonchev–Trinajstić information content (AvgIpc) is 2.46. The van der Waals surface area contributed by atoms with Gasteiger partial charge in [-0.25, -0.2) is 0 Å². The van der Waals surface area contributed by atoms with E-state index in [9.17, 15) is 0 Å². The van der Waals surface area contributed by atoms with Crippen molar-refractivity contribution >= 4 is 33.2 Å². The first-order valence-electron chi connectivity index (χ1n) is 6.49. The Morgan fingerprint density at radius 3 is 2.70 bits per heavy atom. The molecule has 0 spiro atoms. The Labute approximate surface area is 133 Å². The monoisotopic (exact) mass is 353 g/mol. The van der Waals surface area contributed by atoms with Crippen LogP contribution in [0.15, 0.2) is 46.9 Å². The Balaban J connectivity index is 2.22. The third-order valence-electron chi connectivity index (χ3n) is 3.15. The largest absolute Gasteiger partial charge is 0.495 e. The smallest absolute Gasteiger partial charge is 0.139 e. The molecule has 0 saturated carbocycles. The first-order chi connectivity index (χ1) is 9.63. The third-order valence-corrected chi connectivity index (χ3v) is 3.96. The summed E-state index contributed by atoms with van der Waals surface area (Å²) in [4.78, 5) is 0. The van der Waals surface area contributed by atoms with Crippen molar-refractivity contribution in [2.24, 2.45) is 0 Å². The highest BCUT2D eigenvalue weighted by Gasteiger charge is 2.10. The number of hydrogen-bond acceptors (Lipinski definition) is 2. The maximum absolute atomic E-state index is 6.05. The Bertz CT molecular complexity index is 588. The molecule has 0 aromatic heterocycles. The predicted octanol–water partition coefficient (Wildman–Crippen LogP) is 5.67. The van der Waals surface area contributed by atoms with E-state index in [0.29, 0.717) is 10.8 Å². The first kappa shape index (κ1) is 15.2. The van der Waals surface area contributed by atoms with Gasteiger partial charge in [-0.3, -0.25) is 0 Å². The summed E-state index contributed by atoms with van der Waals surface area (Å²) in [6, 6.07) is 14.3. The molecule has 0 saturated heterocycles. The van der Waals surface area contributed by atoms with E-state index in [1.807, 2.05) is 30.3 Å². The van der Waals surface area contributed by atoms with Gasteiger partial charge in [0.15, 0.2) is 0 Å². The molecule has 0 radical (unpaired) electrons. The van der Waals surface area contributed by atoms with Crippen molar-refractivity contribution in [1.29, 1.82) is 0 Å². The molecule has 0 aliphatic rings. The van der Waals surface area contributed by atoms with Crippen molar-refractivity contribution in [3.05, 3.63) is 57.5 Å². The number of benzene rings is 2. The molecule has 1 N–H and O–H groups in total. The van der Waals surface area contributed by atoms with Crippen LogP contribution < -0.4 is 10.1 Å². The molecule has 0 heterocycles. The zero-order valence-electron chi connectivity index (χ0n) is 11.5. The van der Waals surface area contributed by atoms with Crippen LogP contribution in [0.4, 0.5) is 5.69 Å². The number of anilines is 1. The number of halogens is 2. The van der Waals surface area contributed by atoms with Gasteiger partial charge in [0.25, 0.3) is 0 Å². The van der Waals surface area contributed by atoms with Crippen molar-refractivity contribution in [2.75, 3.05) is 12.4 Å². The minimum atomic E-state index is 0.249. The third kappa shape index (κ3) is 3.68. The Morgan fingerprint density at radius 1 is 1.25 bits per heavy atom. The van der Waals surface area contributed by atoms with Crippen LogP contribution >= 0.6 is 27.5 Å². The van der Waals surface area contributed by atoms with E-state index in [1.165, 1.54) is 5.56 Å². The molecule has 2 aromatic carbocycles. The minimum Gasteiger partial charge on any atom is -0.495 e. The molecule has 1 atom stereocenters. The normalized spacial score (nSPS) is 12.0. The van der Waals surface area contributed by atoms with E-state index in [1.54, 1.807) is 7.11 Å². The average molecular weight is 355 g/mol. The summed E-state index contributed by atoms with van der Waals surface area (Å²) in [6.45, 7) is 2.16. The summed E-state index contributed by atoms with van der Waals surface area (Å²) in [5.41, 5.74) is 2.24. The summed E-state index contributed by atoms with van der Waals surface area (Å²) in [5, 5.41) is 4.13. The molecular weight excluding hydrogens is 338 g/mol. The van der Waals surface area contributed by atoms with Crippen LogP contribution in [0.3, 0.4) is 0 Å². The molecule has 4 heteroatoms. The van der Waals surface area contributed by atoms with E-state index < -0.39 is 0 Å². The number of methoxy groups -OCH3 is 1. The molecule has 0 aliphatic heterocycles. The van der Waals surface area contributed by atoms with Gasteiger partial charge in [-0.05, 0) is 36.2 Å². The maximum atomic E-state index is 6.05. The van der Waals surface area contributed by atoms with E-state index in [0.717, 1.165) is 16.6 Å². The molecule has 106 valence electrons. The van der Waals surface area contributed by atoms with Gasteiger partial charge < -0.3 is 10.1 Å². The number of ether oxygens (including phenoxy) is 1. The van der Waals surface area contributed by atoms with Gasteiger partial charge in [0.1, 0.15) is 5.75 Å². The summed E-state index contributed by atoms with van der Waals surface area (Å²) in [7, 11) is 1.62. The summed E-state index contributed by atoms with van der Waals surface area (Å²) in [5.74, 6) is 0.681. The molecule has 1 unspecified atom stereocenters. The second-order valence-electron chi connectivity index (χ2n) is 4.51. The van der Waals surface area contributed by atoms with E-state index in [-0.39, 0.29) is 6.04 Å². The molecule has 2 rings (SSSR count). The van der Waals surface area contributed by atoms with Crippen LogP contribution in [0.5, 0.6) is 5.75 Å². The van der Waals surface area contributed by atoms with E-state index in [4.69, 9.17) is 16.3 Å². The van der Waals surface area contributed by atoms with Crippen LogP contribution in [0.2, 0.25) is 5.02 Å².